The monoisotopic (exact) mass is 236 g/mol. The standard InChI is InChI=1S/C14H21FN2/c1-9-7-14(17(4)11-5-6-11)12(8-13(9)15)10(2)16-3/h7-8,10-11,16H,5-6H2,1-4H3. The third-order valence-corrected chi connectivity index (χ3v) is 3.68. The quantitative estimate of drug-likeness (QED) is 0.864. The maximum absolute atomic E-state index is 13.7. The summed E-state index contributed by atoms with van der Waals surface area (Å²) in [7, 11) is 4.01. The van der Waals surface area contributed by atoms with Gasteiger partial charge in [-0.3, -0.25) is 0 Å². The molecule has 1 aliphatic carbocycles. The van der Waals surface area contributed by atoms with Crippen molar-refractivity contribution in [2.45, 2.75) is 38.8 Å². The SMILES string of the molecule is CNC(C)c1cc(F)c(C)cc1N(C)C1CC1. The van der Waals surface area contributed by atoms with Gasteiger partial charge in [0.15, 0.2) is 0 Å². The minimum absolute atomic E-state index is 0.116. The zero-order chi connectivity index (χ0) is 12.6. The van der Waals surface area contributed by atoms with E-state index in [0.717, 1.165) is 16.8 Å². The zero-order valence-corrected chi connectivity index (χ0v) is 11.0. The summed E-state index contributed by atoms with van der Waals surface area (Å²) in [5.74, 6) is -0.116. The molecule has 0 aliphatic heterocycles. The summed E-state index contributed by atoms with van der Waals surface area (Å²) in [5, 5.41) is 3.19. The first-order valence-corrected chi connectivity index (χ1v) is 6.24. The van der Waals surface area contributed by atoms with Crippen molar-refractivity contribution in [3.8, 4) is 0 Å². The highest BCUT2D eigenvalue weighted by atomic mass is 19.1. The number of anilines is 1. The van der Waals surface area contributed by atoms with Crippen LogP contribution in [0.1, 0.15) is 36.9 Å². The number of aryl methyl sites for hydroxylation is 1. The highest BCUT2D eigenvalue weighted by molar-refractivity contribution is 5.58. The van der Waals surface area contributed by atoms with E-state index in [1.54, 1.807) is 6.07 Å². The summed E-state index contributed by atoms with van der Waals surface area (Å²) >= 11 is 0. The summed E-state index contributed by atoms with van der Waals surface area (Å²) in [6, 6.07) is 4.45. The Morgan fingerprint density at radius 1 is 1.41 bits per heavy atom. The lowest BCUT2D eigenvalue weighted by Gasteiger charge is -2.25. The molecule has 1 saturated carbocycles. The van der Waals surface area contributed by atoms with Gasteiger partial charge in [-0.2, -0.15) is 0 Å². The first kappa shape index (κ1) is 12.4. The molecule has 2 rings (SSSR count). The fraction of sp³-hybridized carbons (Fsp3) is 0.571. The molecule has 17 heavy (non-hydrogen) atoms. The van der Waals surface area contributed by atoms with Crippen LogP contribution in [-0.2, 0) is 0 Å². The molecule has 1 aromatic rings. The van der Waals surface area contributed by atoms with Gasteiger partial charge in [0.1, 0.15) is 5.82 Å². The molecule has 0 aromatic heterocycles. The van der Waals surface area contributed by atoms with Gasteiger partial charge in [0.2, 0.25) is 0 Å². The van der Waals surface area contributed by atoms with Gasteiger partial charge >= 0.3 is 0 Å². The van der Waals surface area contributed by atoms with Crippen LogP contribution in [0, 0.1) is 12.7 Å². The van der Waals surface area contributed by atoms with E-state index in [-0.39, 0.29) is 11.9 Å². The average molecular weight is 236 g/mol. The van der Waals surface area contributed by atoms with Crippen LogP contribution in [0.5, 0.6) is 0 Å². The van der Waals surface area contributed by atoms with E-state index in [9.17, 15) is 4.39 Å². The third kappa shape index (κ3) is 2.44. The van der Waals surface area contributed by atoms with Crippen LogP contribution in [0.3, 0.4) is 0 Å². The second-order valence-corrected chi connectivity index (χ2v) is 5.01. The lowest BCUT2D eigenvalue weighted by Crippen LogP contribution is -2.24. The van der Waals surface area contributed by atoms with Gasteiger partial charge in [-0.05, 0) is 57.0 Å². The Bertz CT molecular complexity index is 413. The Hall–Kier alpha value is -1.09. The smallest absolute Gasteiger partial charge is 0.126 e. The fourth-order valence-electron chi connectivity index (χ4n) is 2.15. The van der Waals surface area contributed by atoms with Gasteiger partial charge in [0.25, 0.3) is 0 Å². The number of hydrogen-bond acceptors (Lipinski definition) is 2. The molecule has 1 aromatic carbocycles. The van der Waals surface area contributed by atoms with Crippen molar-refractivity contribution in [1.82, 2.24) is 5.32 Å². The minimum Gasteiger partial charge on any atom is -0.371 e. The van der Waals surface area contributed by atoms with Gasteiger partial charge in [-0.25, -0.2) is 4.39 Å². The second-order valence-electron chi connectivity index (χ2n) is 5.01. The molecule has 0 saturated heterocycles. The van der Waals surface area contributed by atoms with Crippen LogP contribution in [-0.4, -0.2) is 20.1 Å². The number of halogens is 1. The topological polar surface area (TPSA) is 15.3 Å². The Morgan fingerprint density at radius 2 is 2.06 bits per heavy atom. The highest BCUT2D eigenvalue weighted by Crippen LogP contribution is 2.35. The van der Waals surface area contributed by atoms with Gasteiger partial charge in [-0.1, -0.05) is 0 Å². The van der Waals surface area contributed by atoms with Crippen molar-refractivity contribution in [2.75, 3.05) is 19.0 Å². The Kier molecular flexibility index (Phi) is 3.38. The summed E-state index contributed by atoms with van der Waals surface area (Å²) < 4.78 is 13.7. The Morgan fingerprint density at radius 3 is 2.59 bits per heavy atom. The van der Waals surface area contributed by atoms with Crippen LogP contribution < -0.4 is 10.2 Å². The van der Waals surface area contributed by atoms with Crippen molar-refractivity contribution in [1.29, 1.82) is 0 Å². The lowest BCUT2D eigenvalue weighted by molar-refractivity contribution is 0.600. The van der Waals surface area contributed by atoms with Crippen LogP contribution in [0.15, 0.2) is 12.1 Å². The Labute approximate surface area is 103 Å². The normalized spacial score (nSPS) is 17.0. The van der Waals surface area contributed by atoms with E-state index in [0.29, 0.717) is 6.04 Å². The molecule has 0 amide bonds. The molecule has 0 radical (unpaired) electrons. The van der Waals surface area contributed by atoms with E-state index >= 15 is 0 Å². The average Bonchev–Trinajstić information content (AvgIpc) is 3.14. The molecule has 2 nitrogen and oxygen atoms in total. The van der Waals surface area contributed by atoms with E-state index in [1.165, 1.54) is 12.8 Å². The van der Waals surface area contributed by atoms with E-state index in [1.807, 2.05) is 20.0 Å². The molecule has 1 atom stereocenters. The first-order valence-electron chi connectivity index (χ1n) is 6.24. The van der Waals surface area contributed by atoms with Crippen LogP contribution in [0.25, 0.3) is 0 Å². The van der Waals surface area contributed by atoms with Crippen molar-refractivity contribution in [3.05, 3.63) is 29.1 Å². The largest absolute Gasteiger partial charge is 0.371 e. The van der Waals surface area contributed by atoms with Crippen LogP contribution in [0.4, 0.5) is 10.1 Å². The molecule has 1 N–H and O–H groups in total. The number of nitrogens with one attached hydrogen (secondary N) is 1. The third-order valence-electron chi connectivity index (χ3n) is 3.68. The highest BCUT2D eigenvalue weighted by Gasteiger charge is 2.28. The lowest BCUT2D eigenvalue weighted by atomic mass is 10.0. The maximum Gasteiger partial charge on any atom is 0.126 e. The molecular formula is C14H21FN2. The summed E-state index contributed by atoms with van der Waals surface area (Å²) in [6.07, 6.45) is 2.50. The number of nitrogens with zero attached hydrogens (tertiary/aromatic N) is 1. The fourth-order valence-corrected chi connectivity index (χ4v) is 2.15. The van der Waals surface area contributed by atoms with Gasteiger partial charge in [0, 0.05) is 24.8 Å². The summed E-state index contributed by atoms with van der Waals surface area (Å²) in [6.45, 7) is 3.89. The molecule has 1 aliphatic rings. The predicted molar refractivity (Wildman–Crippen MR) is 70.0 cm³/mol. The van der Waals surface area contributed by atoms with Crippen LogP contribution in [0.2, 0.25) is 0 Å². The molecule has 1 fully saturated rings. The maximum atomic E-state index is 13.7. The van der Waals surface area contributed by atoms with E-state index < -0.39 is 0 Å². The Balaban J connectivity index is 2.42. The van der Waals surface area contributed by atoms with Crippen molar-refractivity contribution < 1.29 is 4.39 Å². The molecule has 3 heteroatoms. The van der Waals surface area contributed by atoms with Gasteiger partial charge < -0.3 is 10.2 Å². The number of rotatable bonds is 4. The van der Waals surface area contributed by atoms with E-state index in [4.69, 9.17) is 0 Å². The summed E-state index contributed by atoms with van der Waals surface area (Å²) in [4.78, 5) is 2.29. The molecular weight excluding hydrogens is 215 g/mol. The van der Waals surface area contributed by atoms with E-state index in [2.05, 4.69) is 24.2 Å². The minimum atomic E-state index is -0.116. The molecule has 1 unspecified atom stereocenters. The number of benzene rings is 1. The van der Waals surface area contributed by atoms with Crippen molar-refractivity contribution in [3.63, 3.8) is 0 Å². The van der Waals surface area contributed by atoms with Gasteiger partial charge in [0.05, 0.1) is 0 Å². The molecule has 0 heterocycles. The van der Waals surface area contributed by atoms with Crippen molar-refractivity contribution >= 4 is 5.69 Å². The number of hydrogen-bond donors (Lipinski definition) is 1. The summed E-state index contributed by atoms with van der Waals surface area (Å²) in [5.41, 5.74) is 2.93. The van der Waals surface area contributed by atoms with Gasteiger partial charge in [-0.15, -0.1) is 0 Å². The van der Waals surface area contributed by atoms with Crippen LogP contribution >= 0.6 is 0 Å². The predicted octanol–water partition coefficient (Wildman–Crippen LogP) is 3.01. The molecule has 94 valence electrons. The first-order chi connectivity index (χ1) is 8.04. The zero-order valence-electron chi connectivity index (χ0n) is 11.0. The molecule has 0 bridgehead atoms. The van der Waals surface area contributed by atoms with Crippen molar-refractivity contribution in [2.24, 2.45) is 0 Å². The molecule has 0 spiro atoms. The second kappa shape index (κ2) is 4.65.